The van der Waals surface area contributed by atoms with Crippen LogP contribution in [-0.2, 0) is 0 Å². The molecule has 1 atom stereocenters. The molecule has 0 saturated carbocycles. The van der Waals surface area contributed by atoms with Crippen LogP contribution in [0.15, 0.2) is 18.2 Å². The van der Waals surface area contributed by atoms with Crippen LogP contribution in [0, 0.1) is 11.3 Å². The van der Waals surface area contributed by atoms with Crippen LogP contribution < -0.4 is 5.73 Å². The lowest BCUT2D eigenvalue weighted by atomic mass is 10.1. The maximum atomic E-state index is 8.43. The maximum Gasteiger partial charge on any atom is 0.0641 e. The number of hydrogen-bond donors (Lipinski definition) is 1. The van der Waals surface area contributed by atoms with E-state index in [0.717, 1.165) is 5.56 Å². The fourth-order valence-corrected chi connectivity index (χ4v) is 1.27. The molecule has 0 fully saturated rings. The van der Waals surface area contributed by atoms with Gasteiger partial charge in [0.25, 0.3) is 0 Å². The van der Waals surface area contributed by atoms with Gasteiger partial charge in [0, 0.05) is 6.04 Å². The molecule has 0 bridgehead atoms. The highest BCUT2D eigenvalue weighted by atomic mass is 35.5. The second kappa shape index (κ2) is 4.48. The van der Waals surface area contributed by atoms with Crippen LogP contribution in [0.4, 0.5) is 0 Å². The second-order valence-electron chi connectivity index (χ2n) is 2.64. The van der Waals surface area contributed by atoms with Crippen LogP contribution in [-0.4, -0.2) is 0 Å². The van der Waals surface area contributed by atoms with Gasteiger partial charge in [0.2, 0.25) is 0 Å². The molecule has 0 aliphatic carbocycles. The molecule has 4 heteroatoms. The Morgan fingerprint density at radius 2 is 2.08 bits per heavy atom. The molecule has 0 unspecified atom stereocenters. The Kier molecular flexibility index (Phi) is 3.56. The van der Waals surface area contributed by atoms with Crippen molar-refractivity contribution in [2.75, 3.05) is 0 Å². The van der Waals surface area contributed by atoms with E-state index in [1.54, 1.807) is 18.2 Å². The summed E-state index contributed by atoms with van der Waals surface area (Å²) < 4.78 is 0. The highest BCUT2D eigenvalue weighted by Gasteiger charge is 2.06. The highest BCUT2D eigenvalue weighted by molar-refractivity contribution is 6.42. The fourth-order valence-electron chi connectivity index (χ4n) is 0.959. The third-order valence-corrected chi connectivity index (χ3v) is 2.42. The van der Waals surface area contributed by atoms with Crippen molar-refractivity contribution >= 4 is 23.2 Å². The molecule has 0 amide bonds. The van der Waals surface area contributed by atoms with E-state index in [9.17, 15) is 0 Å². The summed E-state index contributed by atoms with van der Waals surface area (Å²) in [6.45, 7) is 0. The molecular formula is C9H8Cl2N2. The number of rotatable bonds is 2. The minimum absolute atomic E-state index is 0.276. The van der Waals surface area contributed by atoms with Crippen molar-refractivity contribution in [3.05, 3.63) is 33.8 Å². The summed E-state index contributed by atoms with van der Waals surface area (Å²) in [5.41, 5.74) is 6.53. The van der Waals surface area contributed by atoms with Crippen LogP contribution in [0.3, 0.4) is 0 Å². The summed E-state index contributed by atoms with van der Waals surface area (Å²) in [6, 6.07) is 6.84. The van der Waals surface area contributed by atoms with Gasteiger partial charge >= 0.3 is 0 Å². The lowest BCUT2D eigenvalue weighted by molar-refractivity contribution is 0.749. The Balaban J connectivity index is 2.91. The molecule has 13 heavy (non-hydrogen) atoms. The number of halogens is 2. The van der Waals surface area contributed by atoms with Crippen molar-refractivity contribution in [2.45, 2.75) is 12.5 Å². The summed E-state index contributed by atoms with van der Waals surface area (Å²) in [5, 5.41) is 9.39. The molecule has 2 nitrogen and oxygen atoms in total. The summed E-state index contributed by atoms with van der Waals surface area (Å²) in [7, 11) is 0. The van der Waals surface area contributed by atoms with E-state index in [1.807, 2.05) is 6.07 Å². The van der Waals surface area contributed by atoms with E-state index < -0.39 is 0 Å². The van der Waals surface area contributed by atoms with Crippen molar-refractivity contribution in [2.24, 2.45) is 5.73 Å². The normalized spacial score (nSPS) is 12.2. The first kappa shape index (κ1) is 10.3. The largest absolute Gasteiger partial charge is 0.323 e. The van der Waals surface area contributed by atoms with Crippen molar-refractivity contribution < 1.29 is 0 Å². The Morgan fingerprint density at radius 1 is 1.38 bits per heavy atom. The molecule has 0 aliphatic rings. The SMILES string of the molecule is N#CC[C@@H](N)c1ccc(Cl)c(Cl)c1. The molecular weight excluding hydrogens is 207 g/mol. The number of nitrogens with zero attached hydrogens (tertiary/aromatic N) is 1. The van der Waals surface area contributed by atoms with Gasteiger partial charge in [0.05, 0.1) is 22.5 Å². The van der Waals surface area contributed by atoms with E-state index in [1.165, 1.54) is 0 Å². The Hall–Kier alpha value is -0.750. The van der Waals surface area contributed by atoms with E-state index in [0.29, 0.717) is 10.0 Å². The van der Waals surface area contributed by atoms with E-state index in [-0.39, 0.29) is 12.5 Å². The lowest BCUT2D eigenvalue weighted by Gasteiger charge is -2.08. The fraction of sp³-hybridized carbons (Fsp3) is 0.222. The van der Waals surface area contributed by atoms with Gasteiger partial charge in [-0.1, -0.05) is 29.3 Å². The van der Waals surface area contributed by atoms with Crippen LogP contribution in [0.2, 0.25) is 10.0 Å². The quantitative estimate of drug-likeness (QED) is 0.824. The second-order valence-corrected chi connectivity index (χ2v) is 3.46. The number of hydrogen-bond acceptors (Lipinski definition) is 2. The molecule has 1 aromatic carbocycles. The van der Waals surface area contributed by atoms with Gasteiger partial charge < -0.3 is 5.73 Å². The first-order valence-corrected chi connectivity index (χ1v) is 4.48. The van der Waals surface area contributed by atoms with Crippen molar-refractivity contribution in [3.8, 4) is 6.07 Å². The first-order chi connectivity index (χ1) is 6.15. The molecule has 1 aromatic rings. The molecule has 2 N–H and O–H groups in total. The smallest absolute Gasteiger partial charge is 0.0641 e. The van der Waals surface area contributed by atoms with Gasteiger partial charge in [-0.2, -0.15) is 5.26 Å². The highest BCUT2D eigenvalue weighted by Crippen LogP contribution is 2.25. The third kappa shape index (κ3) is 2.60. The summed E-state index contributed by atoms with van der Waals surface area (Å²) >= 11 is 11.5. The number of benzene rings is 1. The minimum Gasteiger partial charge on any atom is -0.323 e. The molecule has 0 heterocycles. The number of nitriles is 1. The van der Waals surface area contributed by atoms with E-state index in [4.69, 9.17) is 34.2 Å². The monoisotopic (exact) mass is 214 g/mol. The van der Waals surface area contributed by atoms with Gasteiger partial charge in [-0.3, -0.25) is 0 Å². The molecule has 0 radical (unpaired) electrons. The molecule has 1 rings (SSSR count). The summed E-state index contributed by atoms with van der Waals surface area (Å²) in [6.07, 6.45) is 0.276. The molecule has 0 aliphatic heterocycles. The van der Waals surface area contributed by atoms with Gasteiger partial charge in [0.1, 0.15) is 0 Å². The van der Waals surface area contributed by atoms with Crippen LogP contribution in [0.1, 0.15) is 18.0 Å². The first-order valence-electron chi connectivity index (χ1n) is 3.72. The van der Waals surface area contributed by atoms with E-state index >= 15 is 0 Å². The van der Waals surface area contributed by atoms with Crippen LogP contribution in [0.5, 0.6) is 0 Å². The lowest BCUT2D eigenvalue weighted by Crippen LogP contribution is -2.08. The van der Waals surface area contributed by atoms with E-state index in [2.05, 4.69) is 0 Å². The predicted molar refractivity (Wildman–Crippen MR) is 53.6 cm³/mol. The topological polar surface area (TPSA) is 49.8 Å². The van der Waals surface area contributed by atoms with Crippen LogP contribution in [0.25, 0.3) is 0 Å². The van der Waals surface area contributed by atoms with Gasteiger partial charge in [0.15, 0.2) is 0 Å². The zero-order chi connectivity index (χ0) is 9.84. The zero-order valence-electron chi connectivity index (χ0n) is 6.80. The maximum absolute atomic E-state index is 8.43. The molecule has 0 aromatic heterocycles. The van der Waals surface area contributed by atoms with Crippen LogP contribution >= 0.6 is 23.2 Å². The Bertz CT molecular complexity index is 344. The predicted octanol–water partition coefficient (Wildman–Crippen LogP) is 2.91. The number of nitrogens with two attached hydrogens (primary N) is 1. The average Bonchev–Trinajstić information content (AvgIpc) is 2.10. The standard InChI is InChI=1S/C9H8Cl2N2/c10-7-2-1-6(5-8(7)11)9(13)3-4-12/h1-2,5,9H,3,13H2/t9-/m1/s1. The molecule has 0 saturated heterocycles. The minimum atomic E-state index is -0.292. The Morgan fingerprint density at radius 3 is 2.62 bits per heavy atom. The van der Waals surface area contributed by atoms with Gasteiger partial charge in [-0.25, -0.2) is 0 Å². The molecule has 0 spiro atoms. The van der Waals surface area contributed by atoms with Gasteiger partial charge in [-0.15, -0.1) is 0 Å². The zero-order valence-corrected chi connectivity index (χ0v) is 8.31. The van der Waals surface area contributed by atoms with Crippen molar-refractivity contribution in [1.82, 2.24) is 0 Å². The summed E-state index contributed by atoms with van der Waals surface area (Å²) in [5.74, 6) is 0. The van der Waals surface area contributed by atoms with Crippen molar-refractivity contribution in [1.29, 1.82) is 5.26 Å². The Labute approximate surface area is 86.9 Å². The summed E-state index contributed by atoms with van der Waals surface area (Å²) in [4.78, 5) is 0. The van der Waals surface area contributed by atoms with Crippen molar-refractivity contribution in [3.63, 3.8) is 0 Å². The van der Waals surface area contributed by atoms with Gasteiger partial charge in [-0.05, 0) is 17.7 Å². The average molecular weight is 215 g/mol. The molecule has 68 valence electrons. The third-order valence-electron chi connectivity index (χ3n) is 1.68.